The van der Waals surface area contributed by atoms with Gasteiger partial charge in [-0.2, -0.15) is 0 Å². The molecule has 1 saturated carbocycles. The summed E-state index contributed by atoms with van der Waals surface area (Å²) in [5.41, 5.74) is 5.40. The second-order valence-electron chi connectivity index (χ2n) is 18.7. The third-order valence-corrected chi connectivity index (χ3v) is 15.3. The number of aromatic nitrogens is 2. The average molecular weight is 938 g/mol. The van der Waals surface area contributed by atoms with Crippen molar-refractivity contribution in [2.75, 3.05) is 56.2 Å². The van der Waals surface area contributed by atoms with Gasteiger partial charge < -0.3 is 30.0 Å². The number of hydrogen-bond acceptors (Lipinski definition) is 12. The van der Waals surface area contributed by atoms with Crippen molar-refractivity contribution < 1.29 is 27.6 Å². The Kier molecular flexibility index (Phi) is 13.4. The van der Waals surface area contributed by atoms with Gasteiger partial charge in [-0.1, -0.05) is 43.2 Å². The second-order valence-corrected chi connectivity index (χ2v) is 20.8. The van der Waals surface area contributed by atoms with Crippen LogP contribution >= 0.6 is 11.6 Å². The number of pyridine rings is 1. The van der Waals surface area contributed by atoms with Crippen molar-refractivity contribution in [1.82, 2.24) is 24.9 Å². The van der Waals surface area contributed by atoms with E-state index in [9.17, 15) is 23.3 Å². The van der Waals surface area contributed by atoms with E-state index in [1.54, 1.807) is 24.4 Å². The lowest BCUT2D eigenvalue weighted by atomic mass is 9.71. The van der Waals surface area contributed by atoms with Crippen molar-refractivity contribution in [2.24, 2.45) is 5.41 Å². The molecule has 0 spiro atoms. The first-order valence-electron chi connectivity index (χ1n) is 22.9. The predicted octanol–water partition coefficient (Wildman–Crippen LogP) is 8.92. The van der Waals surface area contributed by atoms with Crippen molar-refractivity contribution in [3.05, 3.63) is 117 Å². The van der Waals surface area contributed by atoms with Crippen LogP contribution in [0.15, 0.2) is 95.7 Å². The van der Waals surface area contributed by atoms with E-state index < -0.39 is 25.7 Å². The van der Waals surface area contributed by atoms with E-state index in [4.69, 9.17) is 21.1 Å². The van der Waals surface area contributed by atoms with Crippen molar-refractivity contribution >= 4 is 61.2 Å². The van der Waals surface area contributed by atoms with Crippen LogP contribution in [-0.4, -0.2) is 98.2 Å². The number of nitrogens with zero attached hydrogens (tertiary/aromatic N) is 4. The van der Waals surface area contributed by atoms with Crippen LogP contribution in [0.25, 0.3) is 16.6 Å². The number of halogens is 1. The van der Waals surface area contributed by atoms with Crippen molar-refractivity contribution in [3.63, 3.8) is 0 Å². The molecule has 1 amide bonds. The van der Waals surface area contributed by atoms with Crippen LogP contribution in [0.1, 0.15) is 81.1 Å². The van der Waals surface area contributed by atoms with Gasteiger partial charge in [-0.25, -0.2) is 18.1 Å². The number of carbonyl (C=O) groups is 1. The molecule has 1 unspecified atom stereocenters. The number of amides is 1. The van der Waals surface area contributed by atoms with E-state index in [0.717, 1.165) is 108 Å². The number of nitro benzene ring substituents is 1. The smallest absolute Gasteiger partial charge is 0.293 e. The molecule has 0 radical (unpaired) electrons. The summed E-state index contributed by atoms with van der Waals surface area (Å²) in [4.78, 5) is 37.8. The summed E-state index contributed by atoms with van der Waals surface area (Å²) in [6, 6.07) is 21.1. The van der Waals surface area contributed by atoms with E-state index in [-0.39, 0.29) is 40.2 Å². The summed E-state index contributed by atoms with van der Waals surface area (Å²) in [5, 5.41) is 20.8. The number of H-pyrrole nitrogens is 1. The minimum Gasteiger partial charge on any atom is -0.455 e. The highest BCUT2D eigenvalue weighted by Gasteiger charge is 2.33. The molecular weight excluding hydrogens is 880 g/mol. The van der Waals surface area contributed by atoms with E-state index >= 15 is 0 Å². The Morgan fingerprint density at radius 1 is 1.02 bits per heavy atom. The summed E-state index contributed by atoms with van der Waals surface area (Å²) < 4.78 is 42.0. The van der Waals surface area contributed by atoms with Gasteiger partial charge in [0.2, 0.25) is 0 Å². The molecule has 1 atom stereocenters. The van der Waals surface area contributed by atoms with Crippen molar-refractivity contribution in [1.29, 1.82) is 0 Å². The van der Waals surface area contributed by atoms with Gasteiger partial charge in [0.15, 0.2) is 0 Å². The van der Waals surface area contributed by atoms with Gasteiger partial charge in [-0.15, -0.1) is 0 Å². The van der Waals surface area contributed by atoms with Gasteiger partial charge in [0.1, 0.15) is 22.8 Å². The number of allylic oxidation sites excluding steroid dienone is 1. The van der Waals surface area contributed by atoms with Crippen LogP contribution in [0.5, 0.6) is 11.5 Å². The van der Waals surface area contributed by atoms with Crippen molar-refractivity contribution in [3.8, 4) is 11.5 Å². The van der Waals surface area contributed by atoms with Crippen LogP contribution in [-0.2, 0) is 14.8 Å². The second kappa shape index (κ2) is 19.4. The fraction of sp³-hybridized carbons (Fsp3) is 0.429. The fourth-order valence-corrected chi connectivity index (χ4v) is 11.2. The molecule has 4 aliphatic rings. The first kappa shape index (κ1) is 45.6. The number of hydrogen-bond donors (Lipinski definition) is 4. The largest absolute Gasteiger partial charge is 0.455 e. The zero-order chi connectivity index (χ0) is 46.0. The molecule has 9 rings (SSSR count). The first-order chi connectivity index (χ1) is 31.8. The first-order valence-corrected chi connectivity index (χ1v) is 24.8. The summed E-state index contributed by atoms with van der Waals surface area (Å²) in [6.07, 6.45) is 10.7. The van der Waals surface area contributed by atoms with Crippen LogP contribution in [0.3, 0.4) is 0 Å². The molecule has 66 heavy (non-hydrogen) atoms. The minimum absolute atomic E-state index is 0.00207. The maximum Gasteiger partial charge on any atom is 0.293 e. The van der Waals surface area contributed by atoms with Gasteiger partial charge in [-0.3, -0.25) is 19.8 Å². The number of fused-ring (bicyclic) bond motifs is 1. The van der Waals surface area contributed by atoms with Crippen molar-refractivity contribution in [2.45, 2.75) is 88.2 Å². The van der Waals surface area contributed by atoms with Gasteiger partial charge in [0, 0.05) is 85.3 Å². The predicted molar refractivity (Wildman–Crippen MR) is 257 cm³/mol. The number of aromatic amines is 1. The Morgan fingerprint density at radius 2 is 1.80 bits per heavy atom. The average Bonchev–Trinajstić information content (AvgIpc) is 3.78. The standard InChI is InChI=1S/C49H57ClN8O7S/c1-49(2)17-15-33(43(29-49)32-3-5-35(50)6-4-32)25-39-30-51-19-20-57(39)38-11-13-42(46(27-38)65-40-26-34-16-18-52-47(34)53-31-40)48(59)55-66(62,63)41-12-14-44(45(28-41)58(60)61)54-36-7-9-37(10-8-36)56-21-23-64-24-22-56/h3-6,11-14,16,18,26-28,31,36-37,39,51,54H,7-10,15,17,19-25,29-30H2,1-2H3,(H,52,53)(H,55,59). The Balaban J connectivity index is 0.970. The van der Waals surface area contributed by atoms with E-state index in [0.29, 0.717) is 29.0 Å². The summed E-state index contributed by atoms with van der Waals surface area (Å²) in [5.74, 6) is -0.471. The lowest BCUT2D eigenvalue weighted by Gasteiger charge is -2.41. The number of morpholine rings is 1. The number of benzene rings is 3. The van der Waals surface area contributed by atoms with Gasteiger partial charge in [-0.05, 0) is 116 Å². The highest BCUT2D eigenvalue weighted by Crippen LogP contribution is 2.45. The third-order valence-electron chi connectivity index (χ3n) is 13.7. The molecule has 2 aliphatic carbocycles. The number of sulfonamides is 1. The number of carbonyl (C=O) groups excluding carboxylic acids is 1. The van der Waals surface area contributed by atoms with Crippen LogP contribution in [0.4, 0.5) is 17.1 Å². The lowest BCUT2D eigenvalue weighted by Crippen LogP contribution is -2.51. The van der Waals surface area contributed by atoms with Gasteiger partial charge >= 0.3 is 0 Å². The number of nitrogens with one attached hydrogen (secondary N) is 4. The summed E-state index contributed by atoms with van der Waals surface area (Å²) in [6.45, 7) is 10.1. The molecule has 17 heteroatoms. The topological polar surface area (TPSA) is 184 Å². The molecule has 3 aromatic carbocycles. The molecule has 2 aromatic heterocycles. The van der Waals surface area contributed by atoms with E-state index in [1.807, 2.05) is 24.3 Å². The number of anilines is 2. The quantitative estimate of drug-likeness (QED) is 0.0651. The van der Waals surface area contributed by atoms with Crippen LogP contribution in [0, 0.1) is 15.5 Å². The zero-order valence-electron chi connectivity index (χ0n) is 37.4. The number of rotatable bonds is 13. The maximum atomic E-state index is 14.2. The van der Waals surface area contributed by atoms with Crippen LogP contribution in [0.2, 0.25) is 5.02 Å². The Labute approximate surface area is 390 Å². The number of piperazine rings is 1. The van der Waals surface area contributed by atoms with E-state index in [1.165, 1.54) is 35.0 Å². The Bertz CT molecular complexity index is 2730. The number of nitro groups is 1. The van der Waals surface area contributed by atoms with Crippen LogP contribution < -0.4 is 25.0 Å². The highest BCUT2D eigenvalue weighted by atomic mass is 35.5. The highest BCUT2D eigenvalue weighted by molar-refractivity contribution is 7.90. The molecule has 348 valence electrons. The molecule has 2 aliphatic heterocycles. The minimum atomic E-state index is -4.59. The molecule has 4 N–H and O–H groups in total. The van der Waals surface area contributed by atoms with Gasteiger partial charge in [0.25, 0.3) is 21.6 Å². The molecular formula is C49H57ClN8O7S. The third kappa shape index (κ3) is 10.4. The summed E-state index contributed by atoms with van der Waals surface area (Å²) in [7, 11) is -4.59. The molecule has 15 nitrogen and oxygen atoms in total. The Morgan fingerprint density at radius 3 is 2.58 bits per heavy atom. The van der Waals surface area contributed by atoms with E-state index in [2.05, 4.69) is 61.1 Å². The monoisotopic (exact) mass is 936 g/mol. The molecule has 5 aromatic rings. The molecule has 2 saturated heterocycles. The summed E-state index contributed by atoms with van der Waals surface area (Å²) >= 11 is 6.30. The molecule has 3 fully saturated rings. The number of ether oxygens (including phenoxy) is 2. The Hall–Kier alpha value is -5.52. The normalized spacial score (nSPS) is 21.7. The zero-order valence-corrected chi connectivity index (χ0v) is 38.9. The molecule has 0 bridgehead atoms. The SMILES string of the molecule is CC1(C)CCC(CC2CNCCN2c2ccc(C(=O)NS(=O)(=O)c3ccc(NC4CCC(N5CCOCC5)CC4)c([N+](=O)[O-])c3)c(Oc3cnc4[nH]ccc4c3)c2)=C(c2ccc(Cl)cc2)C1. The fourth-order valence-electron chi connectivity index (χ4n) is 10.1. The molecule has 4 heterocycles. The lowest BCUT2D eigenvalue weighted by molar-refractivity contribution is -0.384. The van der Waals surface area contributed by atoms with Gasteiger partial charge in [0.05, 0.1) is 34.8 Å². The maximum absolute atomic E-state index is 14.2.